The van der Waals surface area contributed by atoms with Gasteiger partial charge in [-0.3, -0.25) is 9.79 Å². The standard InChI is InChI=1S/C19H32N4O2/c1-5-15(3)23-18(24)17-10-7-9-16(13-17)14-22-19(20-4)21-11-8-12-25-6-2/h7,9-10,13,15H,5-6,8,11-12,14H2,1-4H3,(H,23,24)(H2,20,21,22). The van der Waals surface area contributed by atoms with E-state index in [1.807, 2.05) is 38.1 Å². The second-order valence-corrected chi connectivity index (χ2v) is 5.89. The van der Waals surface area contributed by atoms with E-state index in [0.29, 0.717) is 12.1 Å². The summed E-state index contributed by atoms with van der Waals surface area (Å²) in [7, 11) is 1.74. The van der Waals surface area contributed by atoms with E-state index in [9.17, 15) is 4.79 Å². The van der Waals surface area contributed by atoms with Gasteiger partial charge in [-0.25, -0.2) is 0 Å². The lowest BCUT2D eigenvalue weighted by atomic mass is 10.1. The molecule has 0 bridgehead atoms. The van der Waals surface area contributed by atoms with Gasteiger partial charge < -0.3 is 20.7 Å². The van der Waals surface area contributed by atoms with E-state index in [1.165, 1.54) is 0 Å². The van der Waals surface area contributed by atoms with Crippen molar-refractivity contribution < 1.29 is 9.53 Å². The zero-order chi connectivity index (χ0) is 18.5. The van der Waals surface area contributed by atoms with Crippen LogP contribution >= 0.6 is 0 Å². The summed E-state index contributed by atoms with van der Waals surface area (Å²) in [5.41, 5.74) is 1.72. The molecular formula is C19H32N4O2. The number of hydrogen-bond acceptors (Lipinski definition) is 3. The van der Waals surface area contributed by atoms with Gasteiger partial charge in [0.2, 0.25) is 0 Å². The monoisotopic (exact) mass is 348 g/mol. The molecule has 1 amide bonds. The van der Waals surface area contributed by atoms with Gasteiger partial charge in [0.1, 0.15) is 0 Å². The second kappa shape index (κ2) is 12.3. The fraction of sp³-hybridized carbons (Fsp3) is 0.579. The molecule has 1 unspecified atom stereocenters. The predicted octanol–water partition coefficient (Wildman–Crippen LogP) is 2.31. The Hall–Kier alpha value is -2.08. The average Bonchev–Trinajstić information content (AvgIpc) is 2.64. The average molecular weight is 348 g/mol. The Balaban J connectivity index is 2.48. The molecule has 1 aromatic rings. The molecule has 0 radical (unpaired) electrons. The zero-order valence-electron chi connectivity index (χ0n) is 15.9. The largest absolute Gasteiger partial charge is 0.382 e. The van der Waals surface area contributed by atoms with Crippen LogP contribution in [0.5, 0.6) is 0 Å². The predicted molar refractivity (Wildman–Crippen MR) is 103 cm³/mol. The summed E-state index contributed by atoms with van der Waals surface area (Å²) in [5.74, 6) is 0.709. The summed E-state index contributed by atoms with van der Waals surface area (Å²) in [6, 6.07) is 7.82. The fourth-order valence-electron chi connectivity index (χ4n) is 2.16. The summed E-state index contributed by atoms with van der Waals surface area (Å²) in [5, 5.41) is 9.50. The number of nitrogens with one attached hydrogen (secondary N) is 3. The van der Waals surface area contributed by atoms with Gasteiger partial charge in [-0.05, 0) is 44.4 Å². The van der Waals surface area contributed by atoms with Crippen molar-refractivity contribution >= 4 is 11.9 Å². The maximum Gasteiger partial charge on any atom is 0.251 e. The van der Waals surface area contributed by atoms with Crippen molar-refractivity contribution in [3.8, 4) is 0 Å². The molecule has 0 spiro atoms. The number of ether oxygens (including phenoxy) is 1. The van der Waals surface area contributed by atoms with Crippen molar-refractivity contribution in [3.63, 3.8) is 0 Å². The van der Waals surface area contributed by atoms with Gasteiger partial charge in [-0.1, -0.05) is 19.1 Å². The molecule has 0 aliphatic rings. The molecule has 0 saturated carbocycles. The Morgan fingerprint density at radius 1 is 1.28 bits per heavy atom. The summed E-state index contributed by atoms with van der Waals surface area (Å²) in [4.78, 5) is 16.4. The number of nitrogens with zero attached hydrogens (tertiary/aromatic N) is 1. The molecule has 0 heterocycles. The maximum atomic E-state index is 12.2. The number of benzene rings is 1. The normalized spacial score (nSPS) is 12.6. The van der Waals surface area contributed by atoms with Crippen LogP contribution in [0.4, 0.5) is 0 Å². The van der Waals surface area contributed by atoms with Gasteiger partial charge in [-0.2, -0.15) is 0 Å². The van der Waals surface area contributed by atoms with Crippen LogP contribution < -0.4 is 16.0 Å². The smallest absolute Gasteiger partial charge is 0.251 e. The highest BCUT2D eigenvalue weighted by atomic mass is 16.5. The minimum atomic E-state index is -0.0327. The van der Waals surface area contributed by atoms with Crippen molar-refractivity contribution in [1.29, 1.82) is 0 Å². The molecule has 0 saturated heterocycles. The van der Waals surface area contributed by atoms with E-state index in [0.717, 1.165) is 44.1 Å². The molecule has 0 aliphatic carbocycles. The first-order valence-corrected chi connectivity index (χ1v) is 9.02. The molecule has 1 atom stereocenters. The van der Waals surface area contributed by atoms with Crippen LogP contribution in [0, 0.1) is 0 Å². The van der Waals surface area contributed by atoms with Gasteiger partial charge >= 0.3 is 0 Å². The molecule has 0 aliphatic heterocycles. The van der Waals surface area contributed by atoms with Gasteiger partial charge in [0, 0.05) is 45.0 Å². The van der Waals surface area contributed by atoms with Gasteiger partial charge in [0.25, 0.3) is 5.91 Å². The van der Waals surface area contributed by atoms with E-state index in [4.69, 9.17) is 4.74 Å². The SMILES string of the molecule is CCOCCCNC(=NC)NCc1cccc(C(=O)NC(C)CC)c1. The quantitative estimate of drug-likeness (QED) is 0.345. The van der Waals surface area contributed by atoms with Gasteiger partial charge in [0.05, 0.1) is 0 Å². The molecule has 25 heavy (non-hydrogen) atoms. The molecule has 1 rings (SSSR count). The van der Waals surface area contributed by atoms with Crippen LogP contribution in [0.2, 0.25) is 0 Å². The zero-order valence-corrected chi connectivity index (χ0v) is 15.9. The van der Waals surface area contributed by atoms with Crippen LogP contribution in [0.25, 0.3) is 0 Å². The van der Waals surface area contributed by atoms with E-state index in [2.05, 4.69) is 27.9 Å². The molecule has 1 aromatic carbocycles. The summed E-state index contributed by atoms with van der Waals surface area (Å²) >= 11 is 0. The van der Waals surface area contributed by atoms with Gasteiger partial charge in [-0.15, -0.1) is 0 Å². The Morgan fingerprint density at radius 2 is 2.08 bits per heavy atom. The Labute approximate surface area is 151 Å². The highest BCUT2D eigenvalue weighted by Gasteiger charge is 2.09. The summed E-state index contributed by atoms with van der Waals surface area (Å²) < 4.78 is 5.31. The Bertz CT molecular complexity index is 546. The Kier molecular flexibility index (Phi) is 10.3. The number of amides is 1. The van der Waals surface area contributed by atoms with E-state index < -0.39 is 0 Å². The van der Waals surface area contributed by atoms with Crippen molar-refractivity contribution in [2.75, 3.05) is 26.8 Å². The van der Waals surface area contributed by atoms with Crippen molar-refractivity contribution in [3.05, 3.63) is 35.4 Å². The Morgan fingerprint density at radius 3 is 2.76 bits per heavy atom. The van der Waals surface area contributed by atoms with E-state index in [1.54, 1.807) is 7.05 Å². The number of guanidine groups is 1. The van der Waals surface area contributed by atoms with Gasteiger partial charge in [0.15, 0.2) is 5.96 Å². The topological polar surface area (TPSA) is 74.8 Å². The van der Waals surface area contributed by atoms with Crippen molar-refractivity contribution in [2.45, 2.75) is 46.2 Å². The molecule has 6 nitrogen and oxygen atoms in total. The van der Waals surface area contributed by atoms with E-state index >= 15 is 0 Å². The minimum absolute atomic E-state index is 0.0327. The minimum Gasteiger partial charge on any atom is -0.382 e. The third-order valence-electron chi connectivity index (χ3n) is 3.82. The second-order valence-electron chi connectivity index (χ2n) is 5.89. The third-order valence-corrected chi connectivity index (χ3v) is 3.82. The molecule has 3 N–H and O–H groups in total. The first-order valence-electron chi connectivity index (χ1n) is 9.02. The molecule has 6 heteroatoms. The molecule has 0 aromatic heterocycles. The molecule has 140 valence electrons. The fourth-order valence-corrected chi connectivity index (χ4v) is 2.16. The first-order chi connectivity index (χ1) is 12.1. The summed E-state index contributed by atoms with van der Waals surface area (Å²) in [6.45, 7) is 8.95. The number of carbonyl (C=O) groups is 1. The highest BCUT2D eigenvalue weighted by molar-refractivity contribution is 5.94. The lowest BCUT2D eigenvalue weighted by Crippen LogP contribution is -2.37. The van der Waals surface area contributed by atoms with Crippen LogP contribution in [0.3, 0.4) is 0 Å². The number of hydrogen-bond donors (Lipinski definition) is 3. The summed E-state index contributed by atoms with van der Waals surface area (Å²) in [6.07, 6.45) is 1.85. The van der Waals surface area contributed by atoms with Crippen LogP contribution in [-0.4, -0.2) is 44.7 Å². The number of aliphatic imine (C=N–C) groups is 1. The molecular weight excluding hydrogens is 316 g/mol. The number of rotatable bonds is 10. The molecule has 0 fully saturated rings. The lowest BCUT2D eigenvalue weighted by molar-refractivity contribution is 0.0939. The van der Waals surface area contributed by atoms with Crippen LogP contribution in [0.15, 0.2) is 29.3 Å². The van der Waals surface area contributed by atoms with Crippen LogP contribution in [-0.2, 0) is 11.3 Å². The lowest BCUT2D eigenvalue weighted by Gasteiger charge is -2.14. The first kappa shape index (κ1) is 21.0. The van der Waals surface area contributed by atoms with E-state index in [-0.39, 0.29) is 11.9 Å². The number of carbonyl (C=O) groups excluding carboxylic acids is 1. The third kappa shape index (κ3) is 8.54. The van der Waals surface area contributed by atoms with Crippen LogP contribution in [0.1, 0.15) is 49.5 Å². The van der Waals surface area contributed by atoms with Crippen molar-refractivity contribution in [2.24, 2.45) is 4.99 Å². The maximum absolute atomic E-state index is 12.2. The highest BCUT2D eigenvalue weighted by Crippen LogP contribution is 2.06. The van der Waals surface area contributed by atoms with Crippen molar-refractivity contribution in [1.82, 2.24) is 16.0 Å².